The Morgan fingerprint density at radius 2 is 1.74 bits per heavy atom. The molecule has 1 aliphatic rings. The van der Waals surface area contributed by atoms with E-state index in [-0.39, 0.29) is 12.1 Å². The number of aromatic nitrogens is 2. The number of hydrogen-bond acceptors (Lipinski definition) is 5. The van der Waals surface area contributed by atoms with Crippen molar-refractivity contribution in [3.63, 3.8) is 0 Å². The molecule has 5 nitrogen and oxygen atoms in total. The monoisotopic (exact) mass is 444 g/mol. The van der Waals surface area contributed by atoms with Crippen molar-refractivity contribution in [3.8, 4) is 0 Å². The molecular weight excluding hydrogens is 424 g/mol. The lowest BCUT2D eigenvalue weighted by Crippen LogP contribution is -2.29. The summed E-state index contributed by atoms with van der Waals surface area (Å²) < 4.78 is 6.32. The quantitative estimate of drug-likeness (QED) is 0.400. The Labute approximate surface area is 190 Å². The normalized spacial score (nSPS) is 18.2. The van der Waals surface area contributed by atoms with E-state index in [1.165, 1.54) is 0 Å². The van der Waals surface area contributed by atoms with Crippen LogP contribution in [0.15, 0.2) is 106 Å². The summed E-state index contributed by atoms with van der Waals surface area (Å²) in [6, 6.07) is 24.0. The number of benzene rings is 1. The average molecular weight is 445 g/mol. The van der Waals surface area contributed by atoms with Gasteiger partial charge in [0.25, 0.3) is 0 Å². The summed E-state index contributed by atoms with van der Waals surface area (Å²) >= 11 is 7.34. The molecule has 1 aromatic carbocycles. The van der Waals surface area contributed by atoms with Gasteiger partial charge >= 0.3 is 0 Å². The van der Waals surface area contributed by atoms with E-state index in [4.69, 9.17) is 16.6 Å². The second-order valence-corrected chi connectivity index (χ2v) is 8.65. The van der Waals surface area contributed by atoms with Crippen molar-refractivity contribution in [1.82, 2.24) is 20.2 Å². The first-order valence-corrected chi connectivity index (χ1v) is 11.2. The van der Waals surface area contributed by atoms with Gasteiger partial charge in [-0.2, -0.15) is 0 Å². The molecule has 1 fully saturated rings. The molecule has 1 N–H and O–H groups in total. The molecule has 31 heavy (non-hydrogen) atoms. The summed E-state index contributed by atoms with van der Waals surface area (Å²) in [5.41, 5.74) is 2.07. The highest BCUT2D eigenvalue weighted by atomic mass is 32.2. The summed E-state index contributed by atoms with van der Waals surface area (Å²) in [7, 11) is 0. The molecule has 4 aromatic rings. The molecule has 1 saturated heterocycles. The SMILES string of the molecule is S=C1NC(c2ccccn2)C(c2ccc(Sc3ccccc3)o2)N1Cc1ccncc1. The molecule has 0 amide bonds. The Kier molecular flexibility index (Phi) is 5.69. The van der Waals surface area contributed by atoms with Gasteiger partial charge in [-0.3, -0.25) is 9.97 Å². The van der Waals surface area contributed by atoms with E-state index in [0.717, 1.165) is 27.0 Å². The number of pyridine rings is 2. The Morgan fingerprint density at radius 1 is 0.935 bits per heavy atom. The van der Waals surface area contributed by atoms with Crippen LogP contribution in [-0.2, 0) is 6.54 Å². The highest BCUT2D eigenvalue weighted by Gasteiger charge is 2.41. The van der Waals surface area contributed by atoms with Crippen molar-refractivity contribution in [3.05, 3.63) is 108 Å². The molecule has 0 saturated carbocycles. The Hall–Kier alpha value is -3.16. The van der Waals surface area contributed by atoms with Gasteiger partial charge in [0.15, 0.2) is 10.2 Å². The van der Waals surface area contributed by atoms with Crippen LogP contribution in [0, 0.1) is 0 Å². The van der Waals surface area contributed by atoms with Gasteiger partial charge in [-0.05, 0) is 66.3 Å². The first kappa shape index (κ1) is 19.8. The van der Waals surface area contributed by atoms with E-state index in [2.05, 4.69) is 32.3 Å². The number of furan rings is 1. The van der Waals surface area contributed by atoms with E-state index < -0.39 is 0 Å². The standard InChI is InChI=1S/C24H20N4OS2/c30-24-27-22(19-8-4-5-13-26-19)23(28(24)16-17-11-14-25-15-12-17)20-9-10-21(29-20)31-18-6-2-1-3-7-18/h1-15,22-23H,16H2,(H,27,30). The van der Waals surface area contributed by atoms with Crippen LogP contribution in [-0.4, -0.2) is 20.0 Å². The third kappa shape index (κ3) is 4.33. The van der Waals surface area contributed by atoms with E-state index in [1.54, 1.807) is 24.2 Å². The van der Waals surface area contributed by atoms with Gasteiger partial charge in [0.05, 0.1) is 11.7 Å². The second kappa shape index (κ2) is 8.91. The molecular formula is C24H20N4OS2. The molecule has 2 unspecified atom stereocenters. The first-order valence-electron chi connectivity index (χ1n) is 9.97. The maximum Gasteiger partial charge on any atom is 0.170 e. The molecule has 0 aliphatic carbocycles. The lowest BCUT2D eigenvalue weighted by molar-refractivity contribution is 0.254. The van der Waals surface area contributed by atoms with Crippen molar-refractivity contribution in [2.75, 3.05) is 0 Å². The zero-order chi connectivity index (χ0) is 21.0. The van der Waals surface area contributed by atoms with Crippen LogP contribution in [0.4, 0.5) is 0 Å². The van der Waals surface area contributed by atoms with Crippen LogP contribution in [0.3, 0.4) is 0 Å². The molecule has 2 atom stereocenters. The average Bonchev–Trinajstić information content (AvgIpc) is 3.40. The molecule has 0 radical (unpaired) electrons. The van der Waals surface area contributed by atoms with E-state index in [1.807, 2.05) is 66.9 Å². The molecule has 3 aromatic heterocycles. The molecule has 0 spiro atoms. The lowest BCUT2D eigenvalue weighted by Gasteiger charge is -2.26. The smallest absolute Gasteiger partial charge is 0.170 e. The summed E-state index contributed by atoms with van der Waals surface area (Å²) in [4.78, 5) is 12.0. The number of hydrogen-bond donors (Lipinski definition) is 1. The van der Waals surface area contributed by atoms with E-state index >= 15 is 0 Å². The van der Waals surface area contributed by atoms with Gasteiger partial charge in [-0.15, -0.1) is 0 Å². The third-order valence-electron chi connectivity index (χ3n) is 5.16. The van der Waals surface area contributed by atoms with E-state index in [9.17, 15) is 0 Å². The van der Waals surface area contributed by atoms with Crippen LogP contribution in [0.1, 0.15) is 29.1 Å². The molecule has 4 heterocycles. The van der Waals surface area contributed by atoms with E-state index in [0.29, 0.717) is 11.7 Å². The Morgan fingerprint density at radius 3 is 2.52 bits per heavy atom. The van der Waals surface area contributed by atoms with Gasteiger partial charge in [0.2, 0.25) is 0 Å². The highest BCUT2D eigenvalue weighted by molar-refractivity contribution is 7.99. The molecule has 5 rings (SSSR count). The summed E-state index contributed by atoms with van der Waals surface area (Å²) in [5.74, 6) is 0.857. The molecule has 1 aliphatic heterocycles. The minimum Gasteiger partial charge on any atom is -0.452 e. The Balaban J connectivity index is 1.48. The predicted octanol–water partition coefficient (Wildman–Crippen LogP) is 5.39. The first-order chi connectivity index (χ1) is 15.3. The van der Waals surface area contributed by atoms with Crippen molar-refractivity contribution in [2.24, 2.45) is 0 Å². The summed E-state index contributed by atoms with van der Waals surface area (Å²) in [5, 5.41) is 5.00. The third-order valence-corrected chi connectivity index (χ3v) is 6.44. The maximum atomic E-state index is 6.32. The zero-order valence-corrected chi connectivity index (χ0v) is 18.2. The Bertz CT molecular complexity index is 1150. The van der Waals surface area contributed by atoms with Gasteiger partial charge < -0.3 is 14.6 Å². The fourth-order valence-corrected chi connectivity index (χ4v) is 4.83. The number of thiocarbonyl (C=S) groups is 1. The van der Waals surface area contributed by atoms with Gasteiger partial charge in [0, 0.05) is 30.0 Å². The summed E-state index contributed by atoms with van der Waals surface area (Å²) in [6.07, 6.45) is 5.41. The largest absolute Gasteiger partial charge is 0.452 e. The predicted molar refractivity (Wildman–Crippen MR) is 125 cm³/mol. The van der Waals surface area contributed by atoms with Gasteiger partial charge in [0.1, 0.15) is 11.8 Å². The van der Waals surface area contributed by atoms with Crippen LogP contribution in [0.25, 0.3) is 0 Å². The molecule has 154 valence electrons. The van der Waals surface area contributed by atoms with Crippen LogP contribution >= 0.6 is 24.0 Å². The fourth-order valence-electron chi connectivity index (χ4n) is 3.72. The van der Waals surface area contributed by atoms with Crippen molar-refractivity contribution < 1.29 is 4.42 Å². The van der Waals surface area contributed by atoms with Crippen LogP contribution in [0.5, 0.6) is 0 Å². The minimum atomic E-state index is -0.110. The van der Waals surface area contributed by atoms with Crippen LogP contribution in [0.2, 0.25) is 0 Å². The van der Waals surface area contributed by atoms with Crippen molar-refractivity contribution in [2.45, 2.75) is 28.6 Å². The van der Waals surface area contributed by atoms with Crippen molar-refractivity contribution in [1.29, 1.82) is 0 Å². The number of nitrogens with one attached hydrogen (secondary N) is 1. The number of rotatable bonds is 6. The topological polar surface area (TPSA) is 54.2 Å². The zero-order valence-electron chi connectivity index (χ0n) is 16.6. The maximum absolute atomic E-state index is 6.32. The second-order valence-electron chi connectivity index (χ2n) is 7.18. The van der Waals surface area contributed by atoms with Crippen LogP contribution < -0.4 is 5.32 Å². The lowest BCUT2D eigenvalue weighted by atomic mass is 10.0. The highest BCUT2D eigenvalue weighted by Crippen LogP contribution is 2.41. The molecule has 0 bridgehead atoms. The minimum absolute atomic E-state index is 0.101. The van der Waals surface area contributed by atoms with Crippen molar-refractivity contribution >= 4 is 29.1 Å². The summed E-state index contributed by atoms with van der Waals surface area (Å²) in [6.45, 7) is 0.657. The molecule has 7 heteroatoms. The van der Waals surface area contributed by atoms with Gasteiger partial charge in [-0.1, -0.05) is 36.0 Å². The van der Waals surface area contributed by atoms with Gasteiger partial charge in [-0.25, -0.2) is 0 Å². The number of nitrogens with zero attached hydrogens (tertiary/aromatic N) is 3. The fraction of sp³-hybridized carbons (Fsp3) is 0.125.